The Balaban J connectivity index is 1.39. The molecule has 6 heteroatoms. The number of carbonyl (C=O) groups excluding carboxylic acids is 1. The summed E-state index contributed by atoms with van der Waals surface area (Å²) < 4.78 is 7.33. The van der Waals surface area contributed by atoms with Crippen LogP contribution in [0.2, 0.25) is 0 Å². The Kier molecular flexibility index (Phi) is 6.55. The fourth-order valence-electron chi connectivity index (χ4n) is 4.95. The SMILES string of the molecule is COc1ccc(CCn2nc(C(=O)N(C)C)c3c2CCN(Cc2cccc4ccccc24)C3)cc1. The molecule has 0 radical (unpaired) electrons. The van der Waals surface area contributed by atoms with Crippen LogP contribution in [-0.2, 0) is 32.5 Å². The van der Waals surface area contributed by atoms with E-state index in [0.717, 1.165) is 50.3 Å². The third-order valence-electron chi connectivity index (χ3n) is 6.87. The van der Waals surface area contributed by atoms with Crippen LogP contribution in [-0.4, -0.2) is 53.2 Å². The molecule has 0 spiro atoms. The second-order valence-corrected chi connectivity index (χ2v) is 9.39. The second-order valence-electron chi connectivity index (χ2n) is 9.39. The van der Waals surface area contributed by atoms with Crippen LogP contribution in [0.25, 0.3) is 10.8 Å². The number of aromatic nitrogens is 2. The standard InChI is InChI=1S/C29H32N4O2/c1-31(2)29(34)28-26-20-32(19-23-9-6-8-22-7-4-5-10-25(22)23)17-16-27(26)33(30-28)18-15-21-11-13-24(35-3)14-12-21/h4-14H,15-20H2,1-3H3. The molecule has 0 atom stereocenters. The van der Waals surface area contributed by atoms with Gasteiger partial charge in [0, 0.05) is 58.0 Å². The predicted octanol–water partition coefficient (Wildman–Crippen LogP) is 4.55. The number of rotatable bonds is 7. The average Bonchev–Trinajstić information content (AvgIpc) is 3.25. The maximum absolute atomic E-state index is 13.0. The van der Waals surface area contributed by atoms with E-state index in [2.05, 4.69) is 64.2 Å². The molecule has 1 aliphatic rings. The van der Waals surface area contributed by atoms with Gasteiger partial charge in [0.15, 0.2) is 5.69 Å². The number of ether oxygens (including phenoxy) is 1. The molecule has 1 aromatic heterocycles. The Morgan fingerprint density at radius 3 is 2.57 bits per heavy atom. The summed E-state index contributed by atoms with van der Waals surface area (Å²) in [4.78, 5) is 17.1. The predicted molar refractivity (Wildman–Crippen MR) is 139 cm³/mol. The lowest BCUT2D eigenvalue weighted by atomic mass is 10.0. The smallest absolute Gasteiger partial charge is 0.274 e. The Morgan fingerprint density at radius 2 is 1.80 bits per heavy atom. The molecule has 0 fully saturated rings. The summed E-state index contributed by atoms with van der Waals surface area (Å²) in [6.45, 7) is 3.28. The first-order valence-electron chi connectivity index (χ1n) is 12.2. The lowest BCUT2D eigenvalue weighted by Gasteiger charge is -2.28. The Bertz CT molecular complexity index is 1340. The van der Waals surface area contributed by atoms with E-state index >= 15 is 0 Å². The largest absolute Gasteiger partial charge is 0.497 e. The van der Waals surface area contributed by atoms with Crippen molar-refractivity contribution in [2.24, 2.45) is 0 Å². The summed E-state index contributed by atoms with van der Waals surface area (Å²) in [7, 11) is 5.27. The lowest BCUT2D eigenvalue weighted by Crippen LogP contribution is -2.32. The van der Waals surface area contributed by atoms with Crippen LogP contribution >= 0.6 is 0 Å². The molecule has 0 bridgehead atoms. The van der Waals surface area contributed by atoms with E-state index in [1.54, 1.807) is 26.1 Å². The highest BCUT2D eigenvalue weighted by atomic mass is 16.5. The third kappa shape index (κ3) is 4.80. The number of aryl methyl sites for hydroxylation is 2. The number of nitrogens with zero attached hydrogens (tertiary/aromatic N) is 4. The van der Waals surface area contributed by atoms with Crippen molar-refractivity contribution in [2.75, 3.05) is 27.7 Å². The zero-order valence-electron chi connectivity index (χ0n) is 20.7. The monoisotopic (exact) mass is 468 g/mol. The van der Waals surface area contributed by atoms with Crippen LogP contribution in [0, 0.1) is 0 Å². The Morgan fingerprint density at radius 1 is 1.03 bits per heavy atom. The average molecular weight is 469 g/mol. The van der Waals surface area contributed by atoms with Gasteiger partial charge in [0.05, 0.1) is 7.11 Å². The van der Waals surface area contributed by atoms with Gasteiger partial charge < -0.3 is 9.64 Å². The fraction of sp³-hybridized carbons (Fsp3) is 0.310. The number of hydrogen-bond acceptors (Lipinski definition) is 4. The molecule has 4 aromatic rings. The summed E-state index contributed by atoms with van der Waals surface area (Å²) in [5, 5.41) is 7.38. The number of carbonyl (C=O) groups is 1. The molecule has 5 rings (SSSR count). The minimum Gasteiger partial charge on any atom is -0.497 e. The number of hydrogen-bond donors (Lipinski definition) is 0. The van der Waals surface area contributed by atoms with Crippen LogP contribution in [0.1, 0.15) is 32.9 Å². The molecule has 2 heterocycles. The fourth-order valence-corrected chi connectivity index (χ4v) is 4.95. The highest BCUT2D eigenvalue weighted by Crippen LogP contribution is 2.27. The van der Waals surface area contributed by atoms with Gasteiger partial charge in [0.25, 0.3) is 5.91 Å². The van der Waals surface area contributed by atoms with Crippen LogP contribution in [0.5, 0.6) is 5.75 Å². The molecule has 1 aliphatic heterocycles. The first-order valence-corrected chi connectivity index (χ1v) is 12.2. The van der Waals surface area contributed by atoms with Crippen molar-refractivity contribution in [1.29, 1.82) is 0 Å². The van der Waals surface area contributed by atoms with E-state index in [1.165, 1.54) is 27.6 Å². The molecule has 0 unspecified atom stereocenters. The molecule has 6 nitrogen and oxygen atoms in total. The van der Waals surface area contributed by atoms with Crippen molar-refractivity contribution in [1.82, 2.24) is 19.6 Å². The summed E-state index contributed by atoms with van der Waals surface area (Å²) in [6.07, 6.45) is 1.74. The minimum absolute atomic E-state index is 0.0311. The molecule has 3 aromatic carbocycles. The van der Waals surface area contributed by atoms with Gasteiger partial charge >= 0.3 is 0 Å². The van der Waals surface area contributed by atoms with Crippen LogP contribution < -0.4 is 4.74 Å². The summed E-state index contributed by atoms with van der Waals surface area (Å²) in [5.74, 6) is 0.826. The number of methoxy groups -OCH3 is 1. The molecule has 0 N–H and O–H groups in total. The van der Waals surface area contributed by atoms with Gasteiger partial charge in [0.1, 0.15) is 5.75 Å². The molecular weight excluding hydrogens is 436 g/mol. The zero-order chi connectivity index (χ0) is 24.4. The maximum Gasteiger partial charge on any atom is 0.274 e. The third-order valence-corrected chi connectivity index (χ3v) is 6.87. The van der Waals surface area contributed by atoms with Gasteiger partial charge in [-0.3, -0.25) is 14.4 Å². The summed E-state index contributed by atoms with van der Waals surface area (Å²) in [6, 6.07) is 23.2. The van der Waals surface area contributed by atoms with Crippen LogP contribution in [0.15, 0.2) is 66.7 Å². The van der Waals surface area contributed by atoms with E-state index < -0.39 is 0 Å². The van der Waals surface area contributed by atoms with E-state index in [9.17, 15) is 4.79 Å². The molecule has 0 saturated carbocycles. The van der Waals surface area contributed by atoms with Crippen molar-refractivity contribution >= 4 is 16.7 Å². The van der Waals surface area contributed by atoms with Crippen molar-refractivity contribution in [3.8, 4) is 5.75 Å². The molecule has 1 amide bonds. The van der Waals surface area contributed by atoms with E-state index in [1.807, 2.05) is 12.1 Å². The molecule has 180 valence electrons. The first-order chi connectivity index (χ1) is 17.0. The van der Waals surface area contributed by atoms with E-state index in [4.69, 9.17) is 9.84 Å². The van der Waals surface area contributed by atoms with Gasteiger partial charge in [-0.05, 0) is 40.5 Å². The van der Waals surface area contributed by atoms with Crippen molar-refractivity contribution in [2.45, 2.75) is 32.5 Å². The first kappa shape index (κ1) is 23.1. The normalized spacial score (nSPS) is 13.6. The van der Waals surface area contributed by atoms with Gasteiger partial charge in [-0.2, -0.15) is 5.10 Å². The topological polar surface area (TPSA) is 50.6 Å². The zero-order valence-corrected chi connectivity index (χ0v) is 20.7. The van der Waals surface area contributed by atoms with E-state index in [-0.39, 0.29) is 5.91 Å². The highest BCUT2D eigenvalue weighted by molar-refractivity contribution is 5.93. The number of benzene rings is 3. The molecule has 0 saturated heterocycles. The van der Waals surface area contributed by atoms with Crippen molar-refractivity contribution in [3.05, 3.63) is 94.8 Å². The van der Waals surface area contributed by atoms with Gasteiger partial charge in [0.2, 0.25) is 0 Å². The van der Waals surface area contributed by atoms with Crippen LogP contribution in [0.3, 0.4) is 0 Å². The maximum atomic E-state index is 13.0. The highest BCUT2D eigenvalue weighted by Gasteiger charge is 2.29. The van der Waals surface area contributed by atoms with Gasteiger partial charge in [-0.15, -0.1) is 0 Å². The quantitative estimate of drug-likeness (QED) is 0.399. The number of fused-ring (bicyclic) bond motifs is 2. The minimum atomic E-state index is -0.0311. The number of amides is 1. The van der Waals surface area contributed by atoms with Crippen molar-refractivity contribution < 1.29 is 9.53 Å². The molecular formula is C29H32N4O2. The second kappa shape index (κ2) is 9.92. The Hall–Kier alpha value is -3.64. The van der Waals surface area contributed by atoms with Crippen LogP contribution in [0.4, 0.5) is 0 Å². The summed E-state index contributed by atoms with van der Waals surface area (Å²) in [5.41, 5.74) is 5.40. The van der Waals surface area contributed by atoms with Gasteiger partial charge in [-0.25, -0.2) is 0 Å². The lowest BCUT2D eigenvalue weighted by molar-refractivity contribution is 0.0818. The molecule has 35 heavy (non-hydrogen) atoms. The van der Waals surface area contributed by atoms with Gasteiger partial charge in [-0.1, -0.05) is 54.6 Å². The Labute approximate surface area is 206 Å². The summed E-state index contributed by atoms with van der Waals surface area (Å²) >= 11 is 0. The molecule has 0 aliphatic carbocycles. The van der Waals surface area contributed by atoms with Crippen molar-refractivity contribution in [3.63, 3.8) is 0 Å². The van der Waals surface area contributed by atoms with E-state index in [0.29, 0.717) is 5.69 Å².